The predicted molar refractivity (Wildman–Crippen MR) is 119 cm³/mol. The Morgan fingerprint density at radius 1 is 1.03 bits per heavy atom. The van der Waals surface area contributed by atoms with Crippen molar-refractivity contribution < 1.29 is 9.53 Å². The van der Waals surface area contributed by atoms with Crippen molar-refractivity contribution in [3.05, 3.63) is 59.9 Å². The number of carbonyl (C=O) groups is 1. The first kappa shape index (κ1) is 23.2. The molecule has 0 aliphatic carbocycles. The summed E-state index contributed by atoms with van der Waals surface area (Å²) in [6, 6.07) is 14.1. The quantitative estimate of drug-likeness (QED) is 0.720. The van der Waals surface area contributed by atoms with Crippen LogP contribution in [0.5, 0.6) is 5.75 Å². The van der Waals surface area contributed by atoms with E-state index in [-0.39, 0.29) is 30.3 Å². The van der Waals surface area contributed by atoms with Crippen LogP contribution in [0.25, 0.3) is 0 Å². The van der Waals surface area contributed by atoms with Crippen LogP contribution in [-0.2, 0) is 16.6 Å². The van der Waals surface area contributed by atoms with Gasteiger partial charge in [-0.05, 0) is 35.2 Å². The van der Waals surface area contributed by atoms with Gasteiger partial charge in [0.1, 0.15) is 5.75 Å². The van der Waals surface area contributed by atoms with Gasteiger partial charge in [0.2, 0.25) is 0 Å². The van der Waals surface area contributed by atoms with Gasteiger partial charge >= 0.3 is 0 Å². The van der Waals surface area contributed by atoms with Crippen molar-refractivity contribution in [1.82, 2.24) is 14.8 Å². The van der Waals surface area contributed by atoms with Crippen LogP contribution < -0.4 is 4.74 Å². The Labute approximate surface area is 180 Å². The maximum Gasteiger partial charge on any atom is 0.260 e. The predicted octanol–water partition coefficient (Wildman–Crippen LogP) is 3.57. The lowest BCUT2D eigenvalue weighted by Gasteiger charge is -2.34. The van der Waals surface area contributed by atoms with E-state index in [4.69, 9.17) is 4.74 Å². The van der Waals surface area contributed by atoms with Crippen molar-refractivity contribution >= 4 is 18.3 Å². The van der Waals surface area contributed by atoms with Crippen LogP contribution >= 0.6 is 12.4 Å². The number of rotatable bonds is 6. The van der Waals surface area contributed by atoms with Gasteiger partial charge in [0.15, 0.2) is 6.61 Å². The number of pyridine rings is 1. The highest BCUT2D eigenvalue weighted by Crippen LogP contribution is 2.24. The van der Waals surface area contributed by atoms with Gasteiger partial charge in [-0.15, -0.1) is 12.4 Å². The molecule has 2 aromatic rings. The van der Waals surface area contributed by atoms with E-state index in [1.807, 2.05) is 35.4 Å². The second-order valence-electron chi connectivity index (χ2n) is 8.36. The Morgan fingerprint density at radius 2 is 1.72 bits per heavy atom. The number of nitrogens with zero attached hydrogens (tertiary/aromatic N) is 3. The zero-order valence-electron chi connectivity index (χ0n) is 17.6. The first-order valence-corrected chi connectivity index (χ1v) is 10.1. The van der Waals surface area contributed by atoms with E-state index in [2.05, 4.69) is 48.9 Å². The fourth-order valence-electron chi connectivity index (χ4n) is 3.33. The number of hydrogen-bond acceptors (Lipinski definition) is 4. The molecule has 158 valence electrons. The van der Waals surface area contributed by atoms with Crippen molar-refractivity contribution in [2.45, 2.75) is 32.6 Å². The van der Waals surface area contributed by atoms with Crippen molar-refractivity contribution in [3.8, 4) is 5.75 Å². The molecule has 1 saturated heterocycles. The standard InChI is InChI=1S/C23H31N3O2.ClH/c1-23(2,3)19-7-9-21(10-8-19)28-18-22(27)26-16-14-25(15-17-26)13-11-20-6-4-5-12-24-20;/h4-10,12H,11,13-18H2,1-3H3;1H. The molecule has 2 heterocycles. The van der Waals surface area contributed by atoms with Crippen LogP contribution in [0.2, 0.25) is 0 Å². The maximum absolute atomic E-state index is 12.5. The lowest BCUT2D eigenvalue weighted by molar-refractivity contribution is -0.135. The third-order valence-corrected chi connectivity index (χ3v) is 5.22. The molecule has 0 bridgehead atoms. The Kier molecular flexibility index (Phi) is 8.47. The van der Waals surface area contributed by atoms with Crippen molar-refractivity contribution in [3.63, 3.8) is 0 Å². The van der Waals surface area contributed by atoms with E-state index in [0.29, 0.717) is 0 Å². The minimum absolute atomic E-state index is 0. The number of aromatic nitrogens is 1. The number of hydrogen-bond donors (Lipinski definition) is 0. The molecule has 1 fully saturated rings. The minimum atomic E-state index is 0. The molecule has 0 unspecified atom stereocenters. The SMILES string of the molecule is CC(C)(C)c1ccc(OCC(=O)N2CCN(CCc3ccccn3)CC2)cc1.Cl. The third-order valence-electron chi connectivity index (χ3n) is 5.22. The monoisotopic (exact) mass is 417 g/mol. The Morgan fingerprint density at radius 3 is 2.31 bits per heavy atom. The molecule has 1 aliphatic heterocycles. The molecule has 1 aromatic heterocycles. The first-order valence-electron chi connectivity index (χ1n) is 10.1. The summed E-state index contributed by atoms with van der Waals surface area (Å²) in [7, 11) is 0. The molecule has 6 heteroatoms. The van der Waals surface area contributed by atoms with Crippen LogP contribution in [0.3, 0.4) is 0 Å². The zero-order valence-corrected chi connectivity index (χ0v) is 18.5. The Balaban J connectivity index is 0.00000300. The van der Waals surface area contributed by atoms with Crippen LogP contribution in [0, 0.1) is 0 Å². The van der Waals surface area contributed by atoms with Crippen LogP contribution in [-0.4, -0.2) is 60.0 Å². The number of amides is 1. The van der Waals surface area contributed by atoms with Crippen LogP contribution in [0.4, 0.5) is 0 Å². The van der Waals surface area contributed by atoms with Crippen molar-refractivity contribution in [2.75, 3.05) is 39.3 Å². The van der Waals surface area contributed by atoms with E-state index in [1.165, 1.54) is 5.56 Å². The molecule has 29 heavy (non-hydrogen) atoms. The highest BCUT2D eigenvalue weighted by Gasteiger charge is 2.21. The van der Waals surface area contributed by atoms with Gasteiger partial charge in [0.05, 0.1) is 0 Å². The summed E-state index contributed by atoms with van der Waals surface area (Å²) in [6.07, 6.45) is 2.78. The van der Waals surface area contributed by atoms with Crippen molar-refractivity contribution in [1.29, 1.82) is 0 Å². The number of halogens is 1. The van der Waals surface area contributed by atoms with E-state index in [1.54, 1.807) is 0 Å². The second-order valence-corrected chi connectivity index (χ2v) is 8.36. The molecule has 1 aliphatic rings. The smallest absolute Gasteiger partial charge is 0.260 e. The fourth-order valence-corrected chi connectivity index (χ4v) is 3.33. The average molecular weight is 418 g/mol. The highest BCUT2D eigenvalue weighted by molar-refractivity contribution is 5.85. The highest BCUT2D eigenvalue weighted by atomic mass is 35.5. The summed E-state index contributed by atoms with van der Waals surface area (Å²) in [5, 5.41) is 0. The summed E-state index contributed by atoms with van der Waals surface area (Å²) in [5.74, 6) is 0.805. The molecule has 0 atom stereocenters. The minimum Gasteiger partial charge on any atom is -0.484 e. The lowest BCUT2D eigenvalue weighted by Crippen LogP contribution is -2.50. The van der Waals surface area contributed by atoms with E-state index >= 15 is 0 Å². The van der Waals surface area contributed by atoms with E-state index in [0.717, 1.165) is 50.6 Å². The van der Waals surface area contributed by atoms with Gasteiger partial charge < -0.3 is 9.64 Å². The number of piperazine rings is 1. The van der Waals surface area contributed by atoms with Crippen molar-refractivity contribution in [2.24, 2.45) is 0 Å². The molecule has 0 spiro atoms. The summed E-state index contributed by atoms with van der Waals surface area (Å²) in [6.45, 7) is 10.9. The van der Waals surface area contributed by atoms with E-state index in [9.17, 15) is 4.79 Å². The fraction of sp³-hybridized carbons (Fsp3) is 0.478. The van der Waals surface area contributed by atoms with E-state index < -0.39 is 0 Å². The molecule has 0 saturated carbocycles. The maximum atomic E-state index is 12.5. The summed E-state index contributed by atoms with van der Waals surface area (Å²) >= 11 is 0. The molecule has 1 amide bonds. The summed E-state index contributed by atoms with van der Waals surface area (Å²) in [5.41, 5.74) is 2.49. The number of carbonyl (C=O) groups excluding carboxylic acids is 1. The Hall–Kier alpha value is -2.11. The molecular formula is C23H32ClN3O2. The zero-order chi connectivity index (χ0) is 20.0. The summed E-state index contributed by atoms with van der Waals surface area (Å²) < 4.78 is 5.71. The number of ether oxygens (including phenoxy) is 1. The van der Waals surface area contributed by atoms with Gasteiger partial charge in [-0.3, -0.25) is 14.7 Å². The van der Waals surface area contributed by atoms with Crippen LogP contribution in [0.15, 0.2) is 48.7 Å². The third kappa shape index (κ3) is 7.02. The molecule has 0 N–H and O–H groups in total. The van der Waals surface area contributed by atoms with Gasteiger partial charge in [-0.25, -0.2) is 0 Å². The van der Waals surface area contributed by atoms with Gasteiger partial charge in [0, 0.05) is 51.0 Å². The number of benzene rings is 1. The normalized spacial score (nSPS) is 14.9. The molecule has 0 radical (unpaired) electrons. The Bertz CT molecular complexity index is 752. The average Bonchev–Trinajstić information content (AvgIpc) is 2.71. The summed E-state index contributed by atoms with van der Waals surface area (Å²) in [4.78, 5) is 21.1. The van der Waals surface area contributed by atoms with Gasteiger partial charge in [0.25, 0.3) is 5.91 Å². The van der Waals surface area contributed by atoms with Crippen LogP contribution in [0.1, 0.15) is 32.0 Å². The molecular weight excluding hydrogens is 386 g/mol. The second kappa shape index (κ2) is 10.6. The molecule has 5 nitrogen and oxygen atoms in total. The van der Waals surface area contributed by atoms with Gasteiger partial charge in [-0.2, -0.15) is 0 Å². The first-order chi connectivity index (χ1) is 13.4. The molecule has 3 rings (SSSR count). The lowest BCUT2D eigenvalue weighted by atomic mass is 9.87. The largest absolute Gasteiger partial charge is 0.484 e. The molecule has 1 aromatic carbocycles. The topological polar surface area (TPSA) is 45.7 Å². The van der Waals surface area contributed by atoms with Gasteiger partial charge in [-0.1, -0.05) is 39.0 Å².